The molecule has 3 aromatic rings. The van der Waals surface area contributed by atoms with E-state index >= 15 is 0 Å². The molecule has 1 aromatic carbocycles. The standard InChI is InChI=1S/C17H12BrF4N5O/c1-8-13(15(23)27(26-8)14-10(18)3-2-4-11(14)19)16(28)25-12-6-5-9(7-24-12)17(20,21)22/h2-7H,23H2,1H3,(H,24,25,28). The minimum Gasteiger partial charge on any atom is -0.383 e. The quantitative estimate of drug-likeness (QED) is 0.573. The molecule has 2 heterocycles. The molecule has 0 aliphatic rings. The fraction of sp³-hybridized carbons (Fsp3) is 0.118. The Morgan fingerprint density at radius 1 is 1.25 bits per heavy atom. The van der Waals surface area contributed by atoms with Crippen molar-refractivity contribution in [3.05, 3.63) is 63.6 Å². The van der Waals surface area contributed by atoms with Crippen LogP contribution in [0.2, 0.25) is 0 Å². The monoisotopic (exact) mass is 457 g/mol. The number of halogens is 5. The summed E-state index contributed by atoms with van der Waals surface area (Å²) in [5.74, 6) is -1.58. The van der Waals surface area contributed by atoms with Crippen LogP contribution in [0.4, 0.5) is 29.2 Å². The maximum atomic E-state index is 14.2. The summed E-state index contributed by atoms with van der Waals surface area (Å²) in [5, 5.41) is 6.46. The zero-order valence-corrected chi connectivity index (χ0v) is 15.8. The van der Waals surface area contributed by atoms with E-state index in [-0.39, 0.29) is 28.6 Å². The van der Waals surface area contributed by atoms with E-state index in [0.29, 0.717) is 10.7 Å². The van der Waals surface area contributed by atoms with Crippen LogP contribution in [0, 0.1) is 12.7 Å². The Kier molecular flexibility index (Phi) is 5.11. The highest BCUT2D eigenvalue weighted by molar-refractivity contribution is 9.10. The number of amides is 1. The molecule has 2 aromatic heterocycles. The van der Waals surface area contributed by atoms with Crippen LogP contribution in [0.1, 0.15) is 21.6 Å². The van der Waals surface area contributed by atoms with E-state index in [1.54, 1.807) is 6.07 Å². The van der Waals surface area contributed by atoms with Crippen LogP contribution >= 0.6 is 15.9 Å². The molecular weight excluding hydrogens is 446 g/mol. The highest BCUT2D eigenvalue weighted by Gasteiger charge is 2.31. The van der Waals surface area contributed by atoms with E-state index in [1.807, 2.05) is 0 Å². The van der Waals surface area contributed by atoms with Crippen molar-refractivity contribution in [3.8, 4) is 5.69 Å². The topological polar surface area (TPSA) is 85.8 Å². The second kappa shape index (κ2) is 7.23. The molecule has 3 N–H and O–H groups in total. The number of nitrogen functional groups attached to an aromatic ring is 1. The molecule has 0 fully saturated rings. The van der Waals surface area contributed by atoms with Gasteiger partial charge in [-0.2, -0.15) is 18.3 Å². The van der Waals surface area contributed by atoms with Gasteiger partial charge in [0.05, 0.1) is 11.3 Å². The Labute approximate surface area is 164 Å². The maximum absolute atomic E-state index is 14.2. The van der Waals surface area contributed by atoms with Crippen LogP contribution in [0.15, 0.2) is 41.0 Å². The van der Waals surface area contributed by atoms with Crippen molar-refractivity contribution in [3.63, 3.8) is 0 Å². The van der Waals surface area contributed by atoms with Gasteiger partial charge in [-0.3, -0.25) is 4.79 Å². The molecule has 146 valence electrons. The normalized spacial score (nSPS) is 11.5. The third kappa shape index (κ3) is 3.70. The molecule has 0 radical (unpaired) electrons. The van der Waals surface area contributed by atoms with Gasteiger partial charge in [0.2, 0.25) is 0 Å². The number of pyridine rings is 1. The largest absolute Gasteiger partial charge is 0.417 e. The zero-order chi connectivity index (χ0) is 20.6. The van der Waals surface area contributed by atoms with Crippen LogP contribution in [-0.4, -0.2) is 20.7 Å². The van der Waals surface area contributed by atoms with Crippen LogP contribution in [0.25, 0.3) is 5.69 Å². The molecule has 0 saturated carbocycles. The van der Waals surface area contributed by atoms with Gasteiger partial charge in [0.1, 0.15) is 28.7 Å². The van der Waals surface area contributed by atoms with Gasteiger partial charge in [0.15, 0.2) is 0 Å². The number of para-hydroxylation sites is 1. The first-order valence-corrected chi connectivity index (χ1v) is 8.53. The second-order valence-corrected chi connectivity index (χ2v) is 6.57. The molecule has 11 heteroatoms. The van der Waals surface area contributed by atoms with Gasteiger partial charge in [0.25, 0.3) is 5.91 Å². The summed E-state index contributed by atoms with van der Waals surface area (Å²) in [6.45, 7) is 1.50. The smallest absolute Gasteiger partial charge is 0.383 e. The van der Waals surface area contributed by atoms with Gasteiger partial charge in [-0.25, -0.2) is 14.1 Å². The molecule has 0 aliphatic heterocycles. The van der Waals surface area contributed by atoms with Crippen molar-refractivity contribution < 1.29 is 22.4 Å². The Balaban J connectivity index is 1.92. The van der Waals surface area contributed by atoms with Gasteiger partial charge in [-0.05, 0) is 47.1 Å². The van der Waals surface area contributed by atoms with Gasteiger partial charge in [0, 0.05) is 10.7 Å². The lowest BCUT2D eigenvalue weighted by Crippen LogP contribution is -2.16. The van der Waals surface area contributed by atoms with E-state index in [0.717, 1.165) is 16.8 Å². The second-order valence-electron chi connectivity index (χ2n) is 5.71. The molecule has 0 aliphatic carbocycles. The minimum atomic E-state index is -4.54. The summed E-state index contributed by atoms with van der Waals surface area (Å²) in [6, 6.07) is 6.09. The van der Waals surface area contributed by atoms with E-state index in [4.69, 9.17) is 5.73 Å². The van der Waals surface area contributed by atoms with E-state index in [1.165, 1.54) is 19.1 Å². The first-order chi connectivity index (χ1) is 13.1. The van der Waals surface area contributed by atoms with Crippen LogP contribution in [0.3, 0.4) is 0 Å². The number of hydrogen-bond acceptors (Lipinski definition) is 4. The van der Waals surface area contributed by atoms with Gasteiger partial charge in [-0.1, -0.05) is 6.07 Å². The first-order valence-electron chi connectivity index (χ1n) is 7.73. The Morgan fingerprint density at radius 2 is 1.96 bits per heavy atom. The zero-order valence-electron chi connectivity index (χ0n) is 14.2. The van der Waals surface area contributed by atoms with Crippen LogP contribution in [0.5, 0.6) is 0 Å². The fourth-order valence-electron chi connectivity index (χ4n) is 2.50. The lowest BCUT2D eigenvalue weighted by atomic mass is 10.2. The first kappa shape index (κ1) is 19.8. The molecule has 0 atom stereocenters. The average molecular weight is 458 g/mol. The molecule has 6 nitrogen and oxygen atoms in total. The van der Waals surface area contributed by atoms with E-state index in [9.17, 15) is 22.4 Å². The Hall–Kier alpha value is -2.95. The minimum absolute atomic E-state index is 0.0230. The predicted molar refractivity (Wildman–Crippen MR) is 97.6 cm³/mol. The summed E-state index contributed by atoms with van der Waals surface area (Å²) in [5.41, 5.74) is 5.23. The summed E-state index contributed by atoms with van der Waals surface area (Å²) >= 11 is 3.21. The number of aromatic nitrogens is 3. The van der Waals surface area contributed by atoms with Crippen molar-refractivity contribution in [2.45, 2.75) is 13.1 Å². The molecule has 0 unspecified atom stereocenters. The van der Waals surface area contributed by atoms with Gasteiger partial charge >= 0.3 is 6.18 Å². The summed E-state index contributed by atoms with van der Waals surface area (Å²) < 4.78 is 53.4. The third-order valence-corrected chi connectivity index (χ3v) is 4.44. The predicted octanol–water partition coefficient (Wildman–Crippen LogP) is 4.33. The Bertz CT molecular complexity index is 1030. The summed E-state index contributed by atoms with van der Waals surface area (Å²) in [4.78, 5) is 16.1. The van der Waals surface area contributed by atoms with E-state index < -0.39 is 23.5 Å². The van der Waals surface area contributed by atoms with Gasteiger partial charge in [-0.15, -0.1) is 0 Å². The lowest BCUT2D eigenvalue weighted by molar-refractivity contribution is -0.137. The number of carbonyl (C=O) groups is 1. The van der Waals surface area contributed by atoms with E-state index in [2.05, 4.69) is 31.3 Å². The van der Waals surface area contributed by atoms with Crippen molar-refractivity contribution in [2.75, 3.05) is 11.1 Å². The highest BCUT2D eigenvalue weighted by atomic mass is 79.9. The number of hydrogen-bond donors (Lipinski definition) is 2. The number of nitrogens with zero attached hydrogens (tertiary/aromatic N) is 3. The molecule has 0 bridgehead atoms. The van der Waals surface area contributed by atoms with Crippen molar-refractivity contribution >= 4 is 33.5 Å². The molecular formula is C17H12BrF4N5O. The van der Waals surface area contributed by atoms with Crippen molar-refractivity contribution in [1.82, 2.24) is 14.8 Å². The number of aryl methyl sites for hydroxylation is 1. The maximum Gasteiger partial charge on any atom is 0.417 e. The third-order valence-electron chi connectivity index (χ3n) is 3.80. The van der Waals surface area contributed by atoms with Crippen LogP contribution in [-0.2, 0) is 6.18 Å². The number of alkyl halides is 3. The van der Waals surface area contributed by atoms with Crippen molar-refractivity contribution in [1.29, 1.82) is 0 Å². The van der Waals surface area contributed by atoms with Gasteiger partial charge < -0.3 is 11.1 Å². The Morgan fingerprint density at radius 3 is 2.54 bits per heavy atom. The molecule has 28 heavy (non-hydrogen) atoms. The number of rotatable bonds is 3. The summed E-state index contributed by atoms with van der Waals surface area (Å²) in [6.07, 6.45) is -3.93. The summed E-state index contributed by atoms with van der Waals surface area (Å²) in [7, 11) is 0. The number of nitrogens with one attached hydrogen (secondary N) is 1. The number of anilines is 2. The SMILES string of the molecule is Cc1nn(-c2c(F)cccc2Br)c(N)c1C(=O)Nc1ccc(C(F)(F)F)cn1. The number of benzene rings is 1. The number of carbonyl (C=O) groups excluding carboxylic acids is 1. The molecule has 0 saturated heterocycles. The molecule has 1 amide bonds. The lowest BCUT2D eigenvalue weighted by Gasteiger charge is -2.09. The molecule has 3 rings (SSSR count). The van der Waals surface area contributed by atoms with Crippen molar-refractivity contribution in [2.24, 2.45) is 0 Å². The fourth-order valence-corrected chi connectivity index (χ4v) is 3.01. The molecule has 0 spiro atoms. The van der Waals surface area contributed by atoms with Crippen LogP contribution < -0.4 is 11.1 Å². The highest BCUT2D eigenvalue weighted by Crippen LogP contribution is 2.30. The number of nitrogens with two attached hydrogens (primary N) is 1. The average Bonchev–Trinajstić information content (AvgIpc) is 2.89.